The first-order valence-corrected chi connectivity index (χ1v) is 22.5. The average molecular weight is 830 g/mol. The van der Waals surface area contributed by atoms with Gasteiger partial charge in [0.05, 0.1) is 40.0 Å². The Balaban J connectivity index is 0.996. The maximum atomic E-state index is 13.5. The van der Waals surface area contributed by atoms with Crippen molar-refractivity contribution in [2.24, 2.45) is 13.0 Å². The van der Waals surface area contributed by atoms with Gasteiger partial charge in [0.2, 0.25) is 5.95 Å². The standard InChI is InChI=1S/C39H50BrN12O2P/c1-49-25-27(21-45-49)29-19-33(47-39-44-24-30(40)38(48-39)46-32-6-5-31-36(43-11-10-42-31)37(32)55(3,4)53)35(54-2)20-34(29)52-17-15-50(16-18-52)12-7-26-8-13-51(14-9-26)28-22-41-23-28/h5-6,10-11,19-21,24-26,28,41H,7-9,12-18,22-23H2,1-4H3,(H2,44,46,47,48). The van der Waals surface area contributed by atoms with E-state index in [2.05, 4.69) is 78.8 Å². The van der Waals surface area contributed by atoms with Crippen LogP contribution < -0.4 is 30.9 Å². The highest BCUT2D eigenvalue weighted by Crippen LogP contribution is 2.43. The zero-order chi connectivity index (χ0) is 38.1. The second kappa shape index (κ2) is 16.1. The molecular formula is C39H50BrN12O2P. The molecule has 3 fully saturated rings. The van der Waals surface area contributed by atoms with Crippen LogP contribution >= 0.6 is 23.1 Å². The van der Waals surface area contributed by atoms with E-state index in [1.165, 1.54) is 38.9 Å². The highest BCUT2D eigenvalue weighted by atomic mass is 79.9. The second-order valence-corrected chi connectivity index (χ2v) is 19.3. The molecule has 55 heavy (non-hydrogen) atoms. The van der Waals surface area contributed by atoms with E-state index in [1.807, 2.05) is 36.3 Å². The van der Waals surface area contributed by atoms with E-state index >= 15 is 0 Å². The predicted octanol–water partition coefficient (Wildman–Crippen LogP) is 5.52. The minimum atomic E-state index is -2.77. The van der Waals surface area contributed by atoms with Crippen molar-refractivity contribution in [1.82, 2.24) is 44.8 Å². The fourth-order valence-corrected chi connectivity index (χ4v) is 9.72. The molecule has 8 rings (SSSR count). The smallest absolute Gasteiger partial charge is 0.229 e. The number of ether oxygens (including phenoxy) is 1. The molecule has 3 aliphatic heterocycles. The molecule has 0 bridgehead atoms. The summed E-state index contributed by atoms with van der Waals surface area (Å²) in [5.41, 5.74) is 5.84. The summed E-state index contributed by atoms with van der Waals surface area (Å²) in [5.74, 6) is 2.39. The van der Waals surface area contributed by atoms with Crippen LogP contribution in [0, 0.1) is 5.92 Å². The van der Waals surface area contributed by atoms with Crippen molar-refractivity contribution < 1.29 is 9.30 Å². The second-order valence-electron chi connectivity index (χ2n) is 15.3. The summed E-state index contributed by atoms with van der Waals surface area (Å²) in [6.07, 6.45) is 12.8. The van der Waals surface area contributed by atoms with Gasteiger partial charge in [-0.1, -0.05) is 0 Å². The van der Waals surface area contributed by atoms with Crippen LogP contribution in [0.2, 0.25) is 0 Å². The lowest BCUT2D eigenvalue weighted by Crippen LogP contribution is -2.58. The zero-order valence-corrected chi connectivity index (χ0v) is 34.5. The van der Waals surface area contributed by atoms with Gasteiger partial charge in [-0.25, -0.2) is 4.98 Å². The minimum Gasteiger partial charge on any atom is -0.494 e. The molecule has 3 N–H and O–H groups in total. The summed E-state index contributed by atoms with van der Waals surface area (Å²) < 4.78 is 22.0. The van der Waals surface area contributed by atoms with Gasteiger partial charge in [0.1, 0.15) is 24.2 Å². The summed E-state index contributed by atoms with van der Waals surface area (Å²) in [4.78, 5) is 26.2. The van der Waals surface area contributed by atoms with E-state index in [4.69, 9.17) is 9.72 Å². The molecule has 290 valence electrons. The number of likely N-dealkylation sites (tertiary alicyclic amines) is 1. The van der Waals surface area contributed by atoms with E-state index in [0.29, 0.717) is 44.0 Å². The van der Waals surface area contributed by atoms with Crippen molar-refractivity contribution in [3.05, 3.63) is 59.7 Å². The molecule has 0 spiro atoms. The van der Waals surface area contributed by atoms with E-state index < -0.39 is 7.14 Å². The summed E-state index contributed by atoms with van der Waals surface area (Å²) in [5, 5.41) is 15.4. The van der Waals surface area contributed by atoms with Crippen LogP contribution in [-0.2, 0) is 11.6 Å². The summed E-state index contributed by atoms with van der Waals surface area (Å²) >= 11 is 3.61. The number of piperazine rings is 1. The molecule has 0 aliphatic carbocycles. The van der Waals surface area contributed by atoms with Crippen LogP contribution in [0.5, 0.6) is 5.75 Å². The van der Waals surface area contributed by atoms with Crippen molar-refractivity contribution in [2.75, 3.05) is 94.9 Å². The van der Waals surface area contributed by atoms with Gasteiger partial charge in [-0.3, -0.25) is 24.4 Å². The third-order valence-electron chi connectivity index (χ3n) is 11.2. The normalized spacial score (nSPS) is 17.7. The number of rotatable bonds is 12. The van der Waals surface area contributed by atoms with Crippen molar-refractivity contribution in [3.63, 3.8) is 0 Å². The van der Waals surface area contributed by atoms with Crippen LogP contribution in [0.25, 0.3) is 22.2 Å². The molecule has 5 aromatic rings. The topological polar surface area (TPSA) is 141 Å². The van der Waals surface area contributed by atoms with Crippen molar-refractivity contribution in [1.29, 1.82) is 0 Å². The molecule has 3 aliphatic rings. The van der Waals surface area contributed by atoms with Crippen LogP contribution in [0.3, 0.4) is 0 Å². The van der Waals surface area contributed by atoms with E-state index in [0.717, 1.165) is 73.7 Å². The SMILES string of the molecule is COc1cc(N2CCN(CCC3CCN(C4CNC4)CC3)CC2)c(-c2cnn(C)c2)cc1Nc1ncc(Br)c(Nc2ccc3nccnc3c2P(C)(C)=O)n1. The Morgan fingerprint density at radius 2 is 1.75 bits per heavy atom. The first kappa shape index (κ1) is 37.8. The first-order chi connectivity index (χ1) is 26.6. The lowest BCUT2D eigenvalue weighted by molar-refractivity contribution is 0.0921. The molecule has 0 atom stereocenters. The summed E-state index contributed by atoms with van der Waals surface area (Å²) in [6.45, 7) is 13.4. The number of hydrogen-bond donors (Lipinski definition) is 3. The van der Waals surface area contributed by atoms with Crippen molar-refractivity contribution in [3.8, 4) is 16.9 Å². The van der Waals surface area contributed by atoms with Gasteiger partial charge in [0, 0.05) is 100 Å². The van der Waals surface area contributed by atoms with Gasteiger partial charge in [-0.2, -0.15) is 10.1 Å². The van der Waals surface area contributed by atoms with Crippen LogP contribution in [0.15, 0.2) is 59.7 Å². The molecule has 6 heterocycles. The molecule has 0 unspecified atom stereocenters. The molecular weight excluding hydrogens is 779 g/mol. The number of nitrogens with zero attached hydrogens (tertiary/aromatic N) is 9. The Morgan fingerprint density at radius 3 is 2.44 bits per heavy atom. The number of fused-ring (bicyclic) bond motifs is 1. The number of aromatic nitrogens is 6. The maximum absolute atomic E-state index is 13.5. The minimum absolute atomic E-state index is 0.367. The predicted molar refractivity (Wildman–Crippen MR) is 224 cm³/mol. The average Bonchev–Trinajstić information content (AvgIpc) is 3.60. The number of nitrogens with one attached hydrogen (secondary N) is 3. The molecule has 3 aromatic heterocycles. The molecule has 16 heteroatoms. The molecule has 0 saturated carbocycles. The van der Waals surface area contributed by atoms with Gasteiger partial charge in [0.25, 0.3) is 0 Å². The Kier molecular flexibility index (Phi) is 11.1. The molecule has 3 saturated heterocycles. The summed E-state index contributed by atoms with van der Waals surface area (Å²) in [7, 11) is 0.854. The lowest BCUT2D eigenvalue weighted by atomic mass is 9.91. The van der Waals surface area contributed by atoms with Gasteiger partial charge >= 0.3 is 0 Å². The van der Waals surface area contributed by atoms with Gasteiger partial charge in [-0.15, -0.1) is 0 Å². The van der Waals surface area contributed by atoms with E-state index in [1.54, 1.807) is 39.0 Å². The van der Waals surface area contributed by atoms with E-state index in [9.17, 15) is 4.57 Å². The largest absolute Gasteiger partial charge is 0.494 e. The van der Waals surface area contributed by atoms with Crippen LogP contribution in [0.1, 0.15) is 19.3 Å². The lowest BCUT2D eigenvalue weighted by Gasteiger charge is -2.42. The Hall–Kier alpha value is -4.14. The van der Waals surface area contributed by atoms with Crippen LogP contribution in [-0.4, -0.2) is 125 Å². The van der Waals surface area contributed by atoms with Gasteiger partial charge in [0.15, 0.2) is 0 Å². The van der Waals surface area contributed by atoms with Crippen molar-refractivity contribution in [2.45, 2.75) is 25.3 Å². The number of methoxy groups -OCH3 is 1. The zero-order valence-electron chi connectivity index (χ0n) is 32.0. The van der Waals surface area contributed by atoms with E-state index in [-0.39, 0.29) is 0 Å². The summed E-state index contributed by atoms with van der Waals surface area (Å²) in [6, 6.07) is 8.72. The number of hydrogen-bond acceptors (Lipinski definition) is 13. The fraction of sp³-hybridized carbons (Fsp3) is 0.462. The number of halogens is 1. The van der Waals surface area contributed by atoms with Crippen LogP contribution in [0.4, 0.5) is 28.8 Å². The number of benzene rings is 2. The quantitative estimate of drug-likeness (QED) is 0.136. The van der Waals surface area contributed by atoms with Gasteiger partial charge < -0.3 is 30.2 Å². The molecule has 14 nitrogen and oxygen atoms in total. The number of piperidine rings is 1. The third-order valence-corrected chi connectivity index (χ3v) is 13.3. The maximum Gasteiger partial charge on any atom is 0.229 e. The Bertz CT molecular complexity index is 2190. The monoisotopic (exact) mass is 828 g/mol. The van der Waals surface area contributed by atoms with Crippen molar-refractivity contribution >= 4 is 68.2 Å². The molecule has 0 radical (unpaired) electrons. The highest BCUT2D eigenvalue weighted by Gasteiger charge is 2.29. The number of anilines is 5. The highest BCUT2D eigenvalue weighted by molar-refractivity contribution is 9.10. The number of aryl methyl sites for hydroxylation is 1. The third kappa shape index (κ3) is 8.36. The molecule has 2 aromatic carbocycles. The first-order valence-electron chi connectivity index (χ1n) is 19.1. The molecule has 0 amide bonds. The fourth-order valence-electron chi connectivity index (χ4n) is 8.04. The Labute approximate surface area is 331 Å². The Morgan fingerprint density at radius 1 is 0.964 bits per heavy atom. The van der Waals surface area contributed by atoms with Gasteiger partial charge in [-0.05, 0) is 92.3 Å².